The molecule has 0 radical (unpaired) electrons. The van der Waals surface area contributed by atoms with Crippen molar-refractivity contribution in [3.63, 3.8) is 0 Å². The monoisotopic (exact) mass is 138 g/mol. The van der Waals surface area contributed by atoms with E-state index in [1.807, 2.05) is 6.08 Å². The largest absolute Gasteiger partial charge is 1.00 e. The van der Waals surface area contributed by atoms with Gasteiger partial charge in [0.15, 0.2) is 0 Å². The van der Waals surface area contributed by atoms with E-state index in [1.165, 1.54) is 0 Å². The zero-order chi connectivity index (χ0) is 4.99. The molecule has 0 atom stereocenters. The van der Waals surface area contributed by atoms with Gasteiger partial charge in [0.2, 0.25) is 0 Å². The van der Waals surface area contributed by atoms with Crippen LogP contribution in [0.25, 0.3) is 0 Å². The van der Waals surface area contributed by atoms with Gasteiger partial charge in [-0.05, 0) is 8.80 Å². The molecular weight excluding hydrogens is 127 g/mol. The van der Waals surface area contributed by atoms with Crippen molar-refractivity contribution in [3.8, 4) is 0 Å². The summed E-state index contributed by atoms with van der Waals surface area (Å²) in [6, 6.07) is 0. The molecule has 0 heterocycles. The quantitative estimate of drug-likeness (QED) is 0.303. The van der Waals surface area contributed by atoms with Gasteiger partial charge in [0.1, 0.15) is 0 Å². The fraction of sp³-hybridized carbons (Fsp3) is 0.400. The molecule has 0 rings (SSSR count). The van der Waals surface area contributed by atoms with Gasteiger partial charge >= 0.3 is 51.4 Å². The van der Waals surface area contributed by atoms with Crippen molar-refractivity contribution >= 4 is 8.80 Å². The van der Waals surface area contributed by atoms with Gasteiger partial charge < -0.3 is 0 Å². The van der Waals surface area contributed by atoms with Crippen LogP contribution in [0.15, 0.2) is 11.8 Å². The van der Waals surface area contributed by atoms with Crippen molar-refractivity contribution < 1.29 is 51.4 Å². The second kappa shape index (κ2) is 7.46. The SMILES string of the molecule is [CH2-]C=C[SiH](C)C.[K+]. The molecule has 0 amide bonds. The van der Waals surface area contributed by atoms with Crippen LogP contribution in [0.2, 0.25) is 13.1 Å². The predicted molar refractivity (Wildman–Crippen MR) is 33.4 cm³/mol. The molecule has 0 unspecified atom stereocenters. The average Bonchev–Trinajstić information content (AvgIpc) is 1.35. The molecule has 0 aromatic heterocycles. The van der Waals surface area contributed by atoms with E-state index in [0.29, 0.717) is 0 Å². The van der Waals surface area contributed by atoms with Crippen molar-refractivity contribution in [1.82, 2.24) is 0 Å². The van der Waals surface area contributed by atoms with Crippen LogP contribution in [-0.2, 0) is 0 Å². The van der Waals surface area contributed by atoms with Gasteiger partial charge in [-0.25, -0.2) is 18.7 Å². The summed E-state index contributed by atoms with van der Waals surface area (Å²) in [6.45, 7) is 8.11. The minimum absolute atomic E-state index is 0. The molecule has 0 fully saturated rings. The Hall–Kier alpha value is 1.46. The molecule has 0 saturated heterocycles. The molecule has 0 nitrogen and oxygen atoms in total. The van der Waals surface area contributed by atoms with E-state index in [9.17, 15) is 0 Å². The van der Waals surface area contributed by atoms with Gasteiger partial charge in [0.25, 0.3) is 0 Å². The van der Waals surface area contributed by atoms with Crippen LogP contribution in [0.4, 0.5) is 0 Å². The van der Waals surface area contributed by atoms with Gasteiger partial charge in [0.05, 0.1) is 0 Å². The third kappa shape index (κ3) is 11.2. The van der Waals surface area contributed by atoms with Crippen LogP contribution in [-0.4, -0.2) is 8.80 Å². The van der Waals surface area contributed by atoms with Crippen LogP contribution >= 0.6 is 0 Å². The van der Waals surface area contributed by atoms with E-state index < -0.39 is 8.80 Å². The van der Waals surface area contributed by atoms with Crippen LogP contribution in [0.3, 0.4) is 0 Å². The van der Waals surface area contributed by atoms with E-state index in [4.69, 9.17) is 0 Å². The van der Waals surface area contributed by atoms with Crippen molar-refractivity contribution in [2.24, 2.45) is 0 Å². The summed E-state index contributed by atoms with van der Waals surface area (Å²) in [6.07, 6.45) is 1.89. The van der Waals surface area contributed by atoms with Crippen molar-refractivity contribution in [2.45, 2.75) is 13.1 Å². The second-order valence-electron chi connectivity index (χ2n) is 1.67. The first-order chi connectivity index (χ1) is 2.77. The fourth-order valence-corrected chi connectivity index (χ4v) is 0.816. The van der Waals surface area contributed by atoms with E-state index in [1.54, 1.807) is 0 Å². The number of hydrogen-bond donors (Lipinski definition) is 0. The molecule has 36 valence electrons. The van der Waals surface area contributed by atoms with Crippen LogP contribution in [0.1, 0.15) is 0 Å². The molecule has 0 N–H and O–H groups in total. The predicted octanol–water partition coefficient (Wildman–Crippen LogP) is -1.59. The summed E-state index contributed by atoms with van der Waals surface area (Å²) in [5.74, 6) is 0. The number of rotatable bonds is 1. The minimum Gasteiger partial charge on any atom is -0.245 e. The molecule has 0 aromatic carbocycles. The first kappa shape index (κ1) is 11.3. The maximum absolute atomic E-state index is 3.58. The zero-order valence-corrected chi connectivity index (χ0v) is 9.72. The van der Waals surface area contributed by atoms with Gasteiger partial charge in [0, 0.05) is 0 Å². The van der Waals surface area contributed by atoms with E-state index >= 15 is 0 Å². The maximum atomic E-state index is 3.58. The molecular formula is C5H11KSi. The molecule has 0 saturated carbocycles. The Morgan fingerprint density at radius 3 is 1.86 bits per heavy atom. The third-order valence-corrected chi connectivity index (χ3v) is 1.56. The molecule has 0 aliphatic carbocycles. The summed E-state index contributed by atoms with van der Waals surface area (Å²) in [4.78, 5) is 0. The molecule has 0 bridgehead atoms. The first-order valence-electron chi connectivity index (χ1n) is 2.23. The third-order valence-electron chi connectivity index (χ3n) is 0.521. The van der Waals surface area contributed by atoms with E-state index in [0.717, 1.165) is 0 Å². The Morgan fingerprint density at radius 1 is 1.43 bits per heavy atom. The Morgan fingerprint density at radius 2 is 1.86 bits per heavy atom. The number of hydrogen-bond acceptors (Lipinski definition) is 0. The van der Waals surface area contributed by atoms with Crippen LogP contribution < -0.4 is 51.4 Å². The second-order valence-corrected chi connectivity index (χ2v) is 4.55. The average molecular weight is 138 g/mol. The molecule has 7 heavy (non-hydrogen) atoms. The van der Waals surface area contributed by atoms with Gasteiger partial charge in [-0.2, -0.15) is 0 Å². The van der Waals surface area contributed by atoms with Crippen molar-refractivity contribution in [2.75, 3.05) is 0 Å². The molecule has 0 aromatic rings. The normalized spacial score (nSPS) is 9.57. The zero-order valence-electron chi connectivity index (χ0n) is 5.44. The summed E-state index contributed by atoms with van der Waals surface area (Å²) in [5, 5.41) is 0. The number of allylic oxidation sites excluding steroid dienone is 1. The van der Waals surface area contributed by atoms with Crippen LogP contribution in [0.5, 0.6) is 0 Å². The Bertz CT molecular complexity index is 50.0. The topological polar surface area (TPSA) is 0 Å². The summed E-state index contributed by atoms with van der Waals surface area (Å²) in [7, 11) is -0.414. The first-order valence-corrected chi connectivity index (χ1v) is 5.21. The Balaban J connectivity index is 0. The Labute approximate surface area is 90.4 Å². The van der Waals surface area contributed by atoms with Gasteiger partial charge in [-0.1, -0.05) is 13.1 Å². The van der Waals surface area contributed by atoms with E-state index in [2.05, 4.69) is 25.7 Å². The van der Waals surface area contributed by atoms with Crippen molar-refractivity contribution in [1.29, 1.82) is 0 Å². The minimum atomic E-state index is -0.414. The fourth-order valence-electron chi connectivity index (χ4n) is 0.272. The van der Waals surface area contributed by atoms with Gasteiger partial charge in [-0.15, -0.1) is 0 Å². The Kier molecular flexibility index (Phi) is 12.0. The van der Waals surface area contributed by atoms with Crippen LogP contribution in [0, 0.1) is 6.92 Å². The molecule has 0 aliphatic rings. The van der Waals surface area contributed by atoms with E-state index in [-0.39, 0.29) is 51.4 Å². The molecule has 0 spiro atoms. The summed E-state index contributed by atoms with van der Waals surface area (Å²) in [5.41, 5.74) is 2.19. The van der Waals surface area contributed by atoms with Gasteiger partial charge in [-0.3, -0.25) is 0 Å². The summed E-state index contributed by atoms with van der Waals surface area (Å²) >= 11 is 0. The molecule has 2 heteroatoms. The van der Waals surface area contributed by atoms with Crippen molar-refractivity contribution in [3.05, 3.63) is 18.7 Å². The standard InChI is InChI=1S/C5H11Si.K/c1-4-5-6(2)3;/h4-6H,1H2,2-3H3;/q-1;+1. The smallest absolute Gasteiger partial charge is 0.245 e. The molecule has 0 aliphatic heterocycles. The maximum Gasteiger partial charge on any atom is 1.00 e. The summed E-state index contributed by atoms with van der Waals surface area (Å²) < 4.78 is 0.